The maximum absolute atomic E-state index is 12.3. The molecular formula is C17H27N3O. The van der Waals surface area contributed by atoms with Gasteiger partial charge in [0, 0.05) is 38.4 Å². The third kappa shape index (κ3) is 5.46. The first kappa shape index (κ1) is 16.0. The van der Waals surface area contributed by atoms with Crippen molar-refractivity contribution in [2.45, 2.75) is 39.0 Å². The topological polar surface area (TPSA) is 36.4 Å². The van der Waals surface area contributed by atoms with Crippen LogP contribution in [0.25, 0.3) is 0 Å². The molecule has 4 nitrogen and oxygen atoms in total. The molecule has 21 heavy (non-hydrogen) atoms. The zero-order valence-electron chi connectivity index (χ0n) is 13.1. The molecule has 0 spiro atoms. The van der Waals surface area contributed by atoms with Crippen molar-refractivity contribution in [1.29, 1.82) is 0 Å². The van der Waals surface area contributed by atoms with E-state index in [9.17, 15) is 4.79 Å². The van der Waals surface area contributed by atoms with Crippen molar-refractivity contribution in [3.63, 3.8) is 0 Å². The second kappa shape index (κ2) is 8.78. The molecule has 1 aromatic heterocycles. The molecule has 2 rings (SSSR count). The molecule has 0 atom stereocenters. The van der Waals surface area contributed by atoms with Gasteiger partial charge in [0.25, 0.3) is 0 Å². The summed E-state index contributed by atoms with van der Waals surface area (Å²) in [6.45, 7) is 6.91. The molecule has 1 aromatic rings. The first-order chi connectivity index (χ1) is 10.3. The number of aromatic nitrogens is 1. The number of piperidine rings is 1. The van der Waals surface area contributed by atoms with Crippen molar-refractivity contribution in [3.05, 3.63) is 30.1 Å². The van der Waals surface area contributed by atoms with E-state index >= 15 is 0 Å². The molecular weight excluding hydrogens is 262 g/mol. The number of hydrogen-bond acceptors (Lipinski definition) is 3. The lowest BCUT2D eigenvalue weighted by Gasteiger charge is -2.27. The highest BCUT2D eigenvalue weighted by Crippen LogP contribution is 2.09. The van der Waals surface area contributed by atoms with Gasteiger partial charge in [-0.25, -0.2) is 0 Å². The number of carbonyl (C=O) groups is 1. The monoisotopic (exact) mass is 289 g/mol. The van der Waals surface area contributed by atoms with Gasteiger partial charge in [-0.3, -0.25) is 9.78 Å². The lowest BCUT2D eigenvalue weighted by atomic mass is 10.1. The highest BCUT2D eigenvalue weighted by Gasteiger charge is 2.15. The van der Waals surface area contributed by atoms with Crippen molar-refractivity contribution in [2.24, 2.45) is 0 Å². The SMILES string of the molecule is CCN(CCc1ccncc1)C(=O)CCN1CCCCC1. The smallest absolute Gasteiger partial charge is 0.223 e. The summed E-state index contributed by atoms with van der Waals surface area (Å²) in [5, 5.41) is 0. The van der Waals surface area contributed by atoms with E-state index < -0.39 is 0 Å². The van der Waals surface area contributed by atoms with Crippen LogP contribution in [0.1, 0.15) is 38.2 Å². The van der Waals surface area contributed by atoms with Gasteiger partial charge in [-0.1, -0.05) is 6.42 Å². The fourth-order valence-corrected chi connectivity index (χ4v) is 2.87. The number of carbonyl (C=O) groups excluding carboxylic acids is 1. The molecule has 0 unspecified atom stereocenters. The van der Waals surface area contributed by atoms with Crippen LogP contribution in [0.4, 0.5) is 0 Å². The van der Waals surface area contributed by atoms with Gasteiger partial charge in [0.2, 0.25) is 5.91 Å². The van der Waals surface area contributed by atoms with Crippen LogP contribution in [0.3, 0.4) is 0 Å². The Morgan fingerprint density at radius 3 is 2.62 bits per heavy atom. The van der Waals surface area contributed by atoms with E-state index in [1.165, 1.54) is 24.8 Å². The van der Waals surface area contributed by atoms with Crippen molar-refractivity contribution < 1.29 is 4.79 Å². The van der Waals surface area contributed by atoms with Gasteiger partial charge in [0.05, 0.1) is 0 Å². The maximum atomic E-state index is 12.3. The summed E-state index contributed by atoms with van der Waals surface area (Å²) >= 11 is 0. The lowest BCUT2D eigenvalue weighted by Crippen LogP contribution is -2.37. The summed E-state index contributed by atoms with van der Waals surface area (Å²) in [7, 11) is 0. The molecule has 0 saturated carbocycles. The lowest BCUT2D eigenvalue weighted by molar-refractivity contribution is -0.131. The minimum absolute atomic E-state index is 0.289. The Morgan fingerprint density at radius 1 is 1.24 bits per heavy atom. The Kier molecular flexibility index (Phi) is 6.67. The Balaban J connectivity index is 1.73. The van der Waals surface area contributed by atoms with Gasteiger partial charge < -0.3 is 9.80 Å². The van der Waals surface area contributed by atoms with Crippen LogP contribution in [0, 0.1) is 0 Å². The summed E-state index contributed by atoms with van der Waals surface area (Å²) in [4.78, 5) is 20.8. The van der Waals surface area contributed by atoms with E-state index in [1.807, 2.05) is 29.4 Å². The fourth-order valence-electron chi connectivity index (χ4n) is 2.87. The molecule has 0 N–H and O–H groups in total. The second-order valence-corrected chi connectivity index (χ2v) is 5.73. The first-order valence-corrected chi connectivity index (χ1v) is 8.18. The average Bonchev–Trinajstić information content (AvgIpc) is 2.55. The molecule has 0 aliphatic carbocycles. The van der Waals surface area contributed by atoms with Crippen LogP contribution in [0.2, 0.25) is 0 Å². The highest BCUT2D eigenvalue weighted by atomic mass is 16.2. The second-order valence-electron chi connectivity index (χ2n) is 5.73. The third-order valence-electron chi connectivity index (χ3n) is 4.24. The number of amides is 1. The van der Waals surface area contributed by atoms with Gasteiger partial charge in [0.15, 0.2) is 0 Å². The van der Waals surface area contributed by atoms with Gasteiger partial charge in [-0.05, 0) is 57.0 Å². The van der Waals surface area contributed by atoms with Crippen molar-refractivity contribution >= 4 is 5.91 Å². The largest absolute Gasteiger partial charge is 0.343 e. The van der Waals surface area contributed by atoms with Crippen LogP contribution in [0.15, 0.2) is 24.5 Å². The van der Waals surface area contributed by atoms with Crippen LogP contribution in [-0.4, -0.2) is 53.4 Å². The Labute approximate surface area is 128 Å². The number of pyridine rings is 1. The predicted molar refractivity (Wildman–Crippen MR) is 85.1 cm³/mol. The summed E-state index contributed by atoms with van der Waals surface area (Å²) in [5.74, 6) is 0.289. The molecule has 1 aliphatic heterocycles. The van der Waals surface area contributed by atoms with Gasteiger partial charge in [-0.15, -0.1) is 0 Å². The fraction of sp³-hybridized carbons (Fsp3) is 0.647. The molecule has 0 radical (unpaired) electrons. The number of nitrogens with zero attached hydrogens (tertiary/aromatic N) is 3. The third-order valence-corrected chi connectivity index (χ3v) is 4.24. The van der Waals surface area contributed by atoms with E-state index in [4.69, 9.17) is 0 Å². The first-order valence-electron chi connectivity index (χ1n) is 8.18. The Bertz CT molecular complexity index is 415. The van der Waals surface area contributed by atoms with E-state index in [-0.39, 0.29) is 5.91 Å². The molecule has 1 fully saturated rings. The predicted octanol–water partition coefficient (Wildman–Crippen LogP) is 2.35. The van der Waals surface area contributed by atoms with Crippen LogP contribution in [0.5, 0.6) is 0 Å². The average molecular weight is 289 g/mol. The molecule has 1 aliphatic rings. The highest BCUT2D eigenvalue weighted by molar-refractivity contribution is 5.76. The standard InChI is InChI=1S/C17H27N3O/c1-2-20(15-8-16-6-10-18-11-7-16)17(21)9-14-19-12-4-3-5-13-19/h6-7,10-11H,2-5,8-9,12-15H2,1H3. The molecule has 116 valence electrons. The maximum Gasteiger partial charge on any atom is 0.223 e. The Hall–Kier alpha value is -1.42. The zero-order chi connectivity index (χ0) is 14.9. The van der Waals surface area contributed by atoms with E-state index in [1.54, 1.807) is 0 Å². The molecule has 2 heterocycles. The van der Waals surface area contributed by atoms with Gasteiger partial charge in [0.1, 0.15) is 0 Å². The minimum Gasteiger partial charge on any atom is -0.343 e. The number of likely N-dealkylation sites (N-methyl/N-ethyl adjacent to an activating group) is 1. The number of hydrogen-bond donors (Lipinski definition) is 0. The summed E-state index contributed by atoms with van der Waals surface area (Å²) in [5.41, 5.74) is 1.24. The number of rotatable bonds is 7. The van der Waals surface area contributed by atoms with Gasteiger partial charge in [-0.2, -0.15) is 0 Å². The van der Waals surface area contributed by atoms with Gasteiger partial charge >= 0.3 is 0 Å². The van der Waals surface area contributed by atoms with E-state index in [2.05, 4.69) is 16.8 Å². The molecule has 0 aromatic carbocycles. The zero-order valence-corrected chi connectivity index (χ0v) is 13.1. The number of likely N-dealkylation sites (tertiary alicyclic amines) is 1. The van der Waals surface area contributed by atoms with Crippen molar-refractivity contribution in [1.82, 2.24) is 14.8 Å². The molecule has 4 heteroatoms. The van der Waals surface area contributed by atoms with Crippen LogP contribution in [-0.2, 0) is 11.2 Å². The van der Waals surface area contributed by atoms with Crippen molar-refractivity contribution in [2.75, 3.05) is 32.7 Å². The van der Waals surface area contributed by atoms with Crippen LogP contribution < -0.4 is 0 Å². The molecule has 1 saturated heterocycles. The van der Waals surface area contributed by atoms with Crippen molar-refractivity contribution in [3.8, 4) is 0 Å². The quantitative estimate of drug-likeness (QED) is 0.773. The summed E-state index contributed by atoms with van der Waals surface area (Å²) in [6.07, 6.45) is 9.10. The summed E-state index contributed by atoms with van der Waals surface area (Å²) < 4.78 is 0. The minimum atomic E-state index is 0.289. The van der Waals surface area contributed by atoms with E-state index in [0.717, 1.165) is 39.1 Å². The molecule has 0 bridgehead atoms. The van der Waals surface area contributed by atoms with Crippen LogP contribution >= 0.6 is 0 Å². The van der Waals surface area contributed by atoms with E-state index in [0.29, 0.717) is 6.42 Å². The summed E-state index contributed by atoms with van der Waals surface area (Å²) in [6, 6.07) is 4.04. The molecule has 1 amide bonds. The normalized spacial score (nSPS) is 15.9. The Morgan fingerprint density at radius 2 is 1.95 bits per heavy atom.